The molecule has 6 nitrogen and oxygen atoms in total. The summed E-state index contributed by atoms with van der Waals surface area (Å²) in [6.07, 6.45) is 1.11. The van der Waals surface area contributed by atoms with E-state index in [1.54, 1.807) is 6.07 Å². The highest BCUT2D eigenvalue weighted by atomic mass is 32.2. The molecule has 0 bridgehead atoms. The molecule has 0 saturated heterocycles. The van der Waals surface area contributed by atoms with Gasteiger partial charge in [0, 0.05) is 6.20 Å². The van der Waals surface area contributed by atoms with Crippen LogP contribution in [0.5, 0.6) is 0 Å². The normalized spacial score (nSPS) is 11.4. The van der Waals surface area contributed by atoms with Gasteiger partial charge >= 0.3 is 0 Å². The molecule has 0 saturated carbocycles. The fourth-order valence-corrected chi connectivity index (χ4v) is 1.69. The van der Waals surface area contributed by atoms with E-state index in [1.165, 1.54) is 12.1 Å². The van der Waals surface area contributed by atoms with Crippen LogP contribution in [0.3, 0.4) is 0 Å². The van der Waals surface area contributed by atoms with E-state index in [-0.39, 0.29) is 23.1 Å². The summed E-state index contributed by atoms with van der Waals surface area (Å²) in [5.74, 6) is 0.219. The van der Waals surface area contributed by atoms with Crippen LogP contribution >= 0.6 is 0 Å². The van der Waals surface area contributed by atoms with E-state index in [0.717, 1.165) is 6.20 Å². The highest BCUT2D eigenvalue weighted by Gasteiger charge is 2.14. The number of nitriles is 1. The summed E-state index contributed by atoms with van der Waals surface area (Å²) in [6.45, 7) is 4.08. The van der Waals surface area contributed by atoms with Crippen LogP contribution in [0.25, 0.3) is 0 Å². The molecule has 1 aromatic heterocycles. The number of rotatable bonds is 5. The third kappa shape index (κ3) is 4.11. The molecule has 1 rings (SSSR count). The van der Waals surface area contributed by atoms with Gasteiger partial charge in [-0.2, -0.15) is 5.26 Å². The molecule has 17 heavy (non-hydrogen) atoms. The molecule has 92 valence electrons. The number of hydrogen-bond acceptors (Lipinski definition) is 5. The number of aromatic nitrogens is 1. The van der Waals surface area contributed by atoms with Crippen molar-refractivity contribution in [3.05, 3.63) is 24.0 Å². The first-order chi connectivity index (χ1) is 7.95. The van der Waals surface area contributed by atoms with Crippen LogP contribution in [0, 0.1) is 17.2 Å². The van der Waals surface area contributed by atoms with Gasteiger partial charge in [0.2, 0.25) is 0 Å². The monoisotopic (exact) mass is 255 g/mol. The van der Waals surface area contributed by atoms with Gasteiger partial charge in [-0.15, -0.1) is 0 Å². The van der Waals surface area contributed by atoms with Gasteiger partial charge in [-0.3, -0.25) is 4.84 Å². The molecule has 0 amide bonds. The van der Waals surface area contributed by atoms with E-state index in [1.807, 2.05) is 18.7 Å². The van der Waals surface area contributed by atoms with Gasteiger partial charge in [0.1, 0.15) is 16.7 Å². The summed E-state index contributed by atoms with van der Waals surface area (Å²) < 4.78 is 23.3. The van der Waals surface area contributed by atoms with Crippen molar-refractivity contribution >= 4 is 10.0 Å². The average Bonchev–Trinajstić information content (AvgIpc) is 2.28. The summed E-state index contributed by atoms with van der Waals surface area (Å²) in [7, 11) is -3.73. The number of nitrogens with zero attached hydrogens (tertiary/aromatic N) is 2. The molecule has 0 radical (unpaired) electrons. The van der Waals surface area contributed by atoms with Crippen LogP contribution in [0.15, 0.2) is 23.2 Å². The lowest BCUT2D eigenvalue weighted by molar-refractivity contribution is 0.0718. The molecule has 0 fully saturated rings. The maximum atomic E-state index is 11.7. The van der Waals surface area contributed by atoms with Gasteiger partial charge in [-0.1, -0.05) is 18.7 Å². The summed E-state index contributed by atoms with van der Waals surface area (Å²) >= 11 is 0. The smallest absolute Gasteiger partial charge is 0.264 e. The Bertz CT molecular complexity index is 503. The third-order valence-electron chi connectivity index (χ3n) is 1.75. The Balaban J connectivity index is 2.73. The second kappa shape index (κ2) is 5.72. The zero-order valence-electron chi connectivity index (χ0n) is 9.54. The van der Waals surface area contributed by atoms with Crippen molar-refractivity contribution in [3.63, 3.8) is 0 Å². The molecular formula is C10H13N3O3S. The summed E-state index contributed by atoms with van der Waals surface area (Å²) in [4.78, 5) is 10.5. The van der Waals surface area contributed by atoms with Crippen molar-refractivity contribution < 1.29 is 13.3 Å². The van der Waals surface area contributed by atoms with Gasteiger partial charge in [-0.25, -0.2) is 13.4 Å². The average molecular weight is 255 g/mol. The van der Waals surface area contributed by atoms with Crippen LogP contribution in [0.2, 0.25) is 0 Å². The van der Waals surface area contributed by atoms with Crippen molar-refractivity contribution in [1.82, 2.24) is 9.87 Å². The first-order valence-corrected chi connectivity index (χ1v) is 6.44. The zero-order valence-corrected chi connectivity index (χ0v) is 10.4. The topological polar surface area (TPSA) is 92.1 Å². The molecule has 0 aliphatic rings. The molecule has 0 unspecified atom stereocenters. The van der Waals surface area contributed by atoms with E-state index in [9.17, 15) is 8.42 Å². The Kier molecular flexibility index (Phi) is 4.57. The molecule has 7 heteroatoms. The van der Waals surface area contributed by atoms with Crippen LogP contribution < -0.4 is 4.89 Å². The minimum absolute atomic E-state index is 0.0414. The largest absolute Gasteiger partial charge is 0.287 e. The van der Waals surface area contributed by atoms with Crippen molar-refractivity contribution in [3.8, 4) is 6.07 Å². The SMILES string of the molecule is CC(C)CONS(=O)(=O)c1ccc(C#N)nc1. The molecule has 1 heterocycles. The van der Waals surface area contributed by atoms with E-state index in [4.69, 9.17) is 10.1 Å². The molecule has 0 aromatic carbocycles. The first kappa shape index (κ1) is 13.6. The van der Waals surface area contributed by atoms with Crippen LogP contribution in [0.4, 0.5) is 0 Å². The maximum absolute atomic E-state index is 11.7. The summed E-state index contributed by atoms with van der Waals surface area (Å²) in [5, 5.41) is 8.53. The third-order valence-corrected chi connectivity index (χ3v) is 2.95. The lowest BCUT2D eigenvalue weighted by Gasteiger charge is -2.08. The molecule has 0 aliphatic heterocycles. The summed E-state index contributed by atoms with van der Waals surface area (Å²) in [5.41, 5.74) is 0.159. The molecular weight excluding hydrogens is 242 g/mol. The second-order valence-corrected chi connectivity index (χ2v) is 5.43. The molecule has 1 aromatic rings. The van der Waals surface area contributed by atoms with Gasteiger partial charge in [0.05, 0.1) is 6.61 Å². The Hall–Kier alpha value is -1.49. The van der Waals surface area contributed by atoms with Gasteiger partial charge in [-0.05, 0) is 18.1 Å². The fraction of sp³-hybridized carbons (Fsp3) is 0.400. The van der Waals surface area contributed by atoms with Crippen molar-refractivity contribution in [2.45, 2.75) is 18.7 Å². The predicted octanol–water partition coefficient (Wildman–Crippen LogP) is 0.819. The minimum atomic E-state index is -3.73. The Morgan fingerprint density at radius 1 is 1.53 bits per heavy atom. The van der Waals surface area contributed by atoms with E-state index < -0.39 is 10.0 Å². The Labute approximate surface area is 100 Å². The van der Waals surface area contributed by atoms with Crippen molar-refractivity contribution in [1.29, 1.82) is 5.26 Å². The van der Waals surface area contributed by atoms with Gasteiger partial charge in [0.15, 0.2) is 0 Å². The number of nitrogens with one attached hydrogen (secondary N) is 1. The van der Waals surface area contributed by atoms with Crippen LogP contribution in [-0.2, 0) is 14.9 Å². The van der Waals surface area contributed by atoms with E-state index in [0.29, 0.717) is 0 Å². The maximum Gasteiger partial charge on any atom is 0.264 e. The van der Waals surface area contributed by atoms with E-state index >= 15 is 0 Å². The fourth-order valence-electron chi connectivity index (χ4n) is 0.932. The Morgan fingerprint density at radius 3 is 2.71 bits per heavy atom. The predicted molar refractivity (Wildman–Crippen MR) is 60.1 cm³/mol. The molecule has 1 N–H and O–H groups in total. The lowest BCUT2D eigenvalue weighted by Crippen LogP contribution is -2.26. The second-order valence-electron chi connectivity index (χ2n) is 3.78. The number of hydrogen-bond donors (Lipinski definition) is 1. The summed E-state index contributed by atoms with van der Waals surface area (Å²) in [6, 6.07) is 4.43. The standard InChI is InChI=1S/C10H13N3O3S/c1-8(2)7-16-13-17(14,15)10-4-3-9(5-11)12-6-10/h3-4,6,8,13H,7H2,1-2H3. The van der Waals surface area contributed by atoms with Crippen molar-refractivity contribution in [2.24, 2.45) is 5.92 Å². The van der Waals surface area contributed by atoms with Gasteiger partial charge in [0.25, 0.3) is 10.0 Å². The van der Waals surface area contributed by atoms with Crippen LogP contribution in [0.1, 0.15) is 19.5 Å². The van der Waals surface area contributed by atoms with Crippen LogP contribution in [-0.4, -0.2) is 20.0 Å². The Morgan fingerprint density at radius 2 is 2.24 bits per heavy atom. The molecule has 0 atom stereocenters. The quantitative estimate of drug-likeness (QED) is 0.786. The lowest BCUT2D eigenvalue weighted by atomic mass is 10.2. The first-order valence-electron chi connectivity index (χ1n) is 4.95. The highest BCUT2D eigenvalue weighted by molar-refractivity contribution is 7.89. The van der Waals surface area contributed by atoms with Gasteiger partial charge < -0.3 is 0 Å². The number of sulfonamides is 1. The van der Waals surface area contributed by atoms with E-state index in [2.05, 4.69) is 4.98 Å². The molecule has 0 spiro atoms. The zero-order chi connectivity index (χ0) is 12.9. The van der Waals surface area contributed by atoms with Crippen molar-refractivity contribution in [2.75, 3.05) is 6.61 Å². The number of pyridine rings is 1. The molecule has 0 aliphatic carbocycles. The minimum Gasteiger partial charge on any atom is -0.287 e. The highest BCUT2D eigenvalue weighted by Crippen LogP contribution is 2.07.